The van der Waals surface area contributed by atoms with Crippen molar-refractivity contribution in [1.29, 1.82) is 0 Å². The number of likely N-dealkylation sites (N-methyl/N-ethyl adjacent to an activating group) is 1. The van der Waals surface area contributed by atoms with Gasteiger partial charge < -0.3 is 10.6 Å². The number of hydrogen-bond donors (Lipinski definition) is 1. The zero-order valence-electron chi connectivity index (χ0n) is 8.74. The SMILES string of the molecule is CC1CN(C)CCN1C1CC(N)C1. The van der Waals surface area contributed by atoms with E-state index in [4.69, 9.17) is 5.73 Å². The first-order valence-electron chi connectivity index (χ1n) is 5.36. The van der Waals surface area contributed by atoms with Crippen molar-refractivity contribution in [1.82, 2.24) is 9.80 Å². The van der Waals surface area contributed by atoms with Crippen molar-refractivity contribution in [3.05, 3.63) is 0 Å². The van der Waals surface area contributed by atoms with Crippen molar-refractivity contribution in [3.8, 4) is 0 Å². The number of nitrogens with zero attached hydrogens (tertiary/aromatic N) is 2. The Hall–Kier alpha value is -0.120. The first-order valence-corrected chi connectivity index (χ1v) is 5.36. The lowest BCUT2D eigenvalue weighted by atomic mass is 9.85. The van der Waals surface area contributed by atoms with Gasteiger partial charge in [-0.25, -0.2) is 0 Å². The van der Waals surface area contributed by atoms with Crippen molar-refractivity contribution in [2.24, 2.45) is 5.73 Å². The highest BCUT2D eigenvalue weighted by molar-refractivity contribution is 4.93. The molecule has 2 fully saturated rings. The van der Waals surface area contributed by atoms with E-state index in [0.717, 1.165) is 12.1 Å². The first kappa shape index (κ1) is 9.44. The monoisotopic (exact) mass is 183 g/mol. The van der Waals surface area contributed by atoms with Crippen molar-refractivity contribution < 1.29 is 0 Å². The average Bonchev–Trinajstić information content (AvgIpc) is 2.00. The molecular weight excluding hydrogens is 162 g/mol. The number of rotatable bonds is 1. The molecule has 0 aromatic heterocycles. The van der Waals surface area contributed by atoms with Gasteiger partial charge in [-0.15, -0.1) is 0 Å². The summed E-state index contributed by atoms with van der Waals surface area (Å²) in [4.78, 5) is 5.06. The van der Waals surface area contributed by atoms with Crippen LogP contribution in [0.1, 0.15) is 19.8 Å². The molecule has 1 unspecified atom stereocenters. The molecule has 0 amide bonds. The summed E-state index contributed by atoms with van der Waals surface area (Å²) in [6, 6.07) is 1.99. The lowest BCUT2D eigenvalue weighted by Crippen LogP contribution is -2.59. The average molecular weight is 183 g/mol. The minimum Gasteiger partial charge on any atom is -0.328 e. The first-order chi connectivity index (χ1) is 6.16. The van der Waals surface area contributed by atoms with Gasteiger partial charge in [-0.3, -0.25) is 4.90 Å². The minimum absolute atomic E-state index is 0.483. The Morgan fingerprint density at radius 2 is 1.92 bits per heavy atom. The van der Waals surface area contributed by atoms with Crippen molar-refractivity contribution >= 4 is 0 Å². The Balaban J connectivity index is 1.86. The Morgan fingerprint density at radius 3 is 2.46 bits per heavy atom. The maximum Gasteiger partial charge on any atom is 0.0198 e. The quantitative estimate of drug-likeness (QED) is 0.626. The molecule has 1 aliphatic heterocycles. The second-order valence-electron chi connectivity index (χ2n) is 4.73. The highest BCUT2D eigenvalue weighted by Crippen LogP contribution is 2.27. The van der Waals surface area contributed by atoms with Gasteiger partial charge in [0.05, 0.1) is 0 Å². The third-order valence-corrected chi connectivity index (χ3v) is 3.50. The van der Waals surface area contributed by atoms with Crippen LogP contribution in [0.25, 0.3) is 0 Å². The third-order valence-electron chi connectivity index (χ3n) is 3.50. The van der Waals surface area contributed by atoms with Crippen LogP contribution in [0, 0.1) is 0 Å². The molecule has 0 spiro atoms. The van der Waals surface area contributed by atoms with Crippen LogP contribution in [-0.2, 0) is 0 Å². The van der Waals surface area contributed by atoms with E-state index >= 15 is 0 Å². The van der Waals surface area contributed by atoms with E-state index in [1.807, 2.05) is 0 Å². The predicted molar refractivity (Wildman–Crippen MR) is 54.7 cm³/mol. The molecule has 3 nitrogen and oxygen atoms in total. The molecular formula is C10H21N3. The van der Waals surface area contributed by atoms with Crippen LogP contribution in [0.15, 0.2) is 0 Å². The van der Waals surface area contributed by atoms with Gasteiger partial charge >= 0.3 is 0 Å². The second-order valence-corrected chi connectivity index (χ2v) is 4.73. The summed E-state index contributed by atoms with van der Waals surface area (Å²) in [5.74, 6) is 0. The Bertz CT molecular complexity index is 175. The fourth-order valence-corrected chi connectivity index (χ4v) is 2.60. The van der Waals surface area contributed by atoms with Crippen LogP contribution >= 0.6 is 0 Å². The summed E-state index contributed by atoms with van der Waals surface area (Å²) >= 11 is 0. The maximum atomic E-state index is 5.81. The lowest BCUT2D eigenvalue weighted by molar-refractivity contribution is 0.0214. The van der Waals surface area contributed by atoms with Crippen LogP contribution in [0.5, 0.6) is 0 Å². The molecule has 1 saturated carbocycles. The number of piperazine rings is 1. The Kier molecular flexibility index (Phi) is 2.58. The summed E-state index contributed by atoms with van der Waals surface area (Å²) < 4.78 is 0. The fourth-order valence-electron chi connectivity index (χ4n) is 2.60. The third kappa shape index (κ3) is 1.87. The van der Waals surface area contributed by atoms with Gasteiger partial charge in [0, 0.05) is 37.8 Å². The van der Waals surface area contributed by atoms with Crippen LogP contribution in [-0.4, -0.2) is 54.6 Å². The van der Waals surface area contributed by atoms with Gasteiger partial charge in [0.25, 0.3) is 0 Å². The van der Waals surface area contributed by atoms with E-state index in [-0.39, 0.29) is 0 Å². The van der Waals surface area contributed by atoms with Gasteiger partial charge in [-0.2, -0.15) is 0 Å². The van der Waals surface area contributed by atoms with Crippen molar-refractivity contribution in [3.63, 3.8) is 0 Å². The number of hydrogen-bond acceptors (Lipinski definition) is 3. The molecule has 0 radical (unpaired) electrons. The van der Waals surface area contributed by atoms with E-state index in [1.54, 1.807) is 0 Å². The molecule has 1 heterocycles. The maximum absolute atomic E-state index is 5.81. The lowest BCUT2D eigenvalue weighted by Gasteiger charge is -2.48. The molecule has 1 atom stereocenters. The van der Waals surface area contributed by atoms with Gasteiger partial charge in [-0.05, 0) is 26.8 Å². The summed E-state index contributed by atoms with van der Waals surface area (Å²) in [5, 5.41) is 0. The topological polar surface area (TPSA) is 32.5 Å². The normalized spacial score (nSPS) is 43.2. The molecule has 1 saturated heterocycles. The van der Waals surface area contributed by atoms with Gasteiger partial charge in [-0.1, -0.05) is 0 Å². The molecule has 2 N–H and O–H groups in total. The van der Waals surface area contributed by atoms with Gasteiger partial charge in [0.15, 0.2) is 0 Å². The molecule has 0 aromatic rings. The molecule has 76 valence electrons. The predicted octanol–water partition coefficient (Wildman–Crippen LogP) is 0.112. The van der Waals surface area contributed by atoms with Crippen LogP contribution in [0.4, 0.5) is 0 Å². The second kappa shape index (κ2) is 3.56. The molecule has 1 aliphatic carbocycles. The van der Waals surface area contributed by atoms with E-state index < -0.39 is 0 Å². The molecule has 0 bridgehead atoms. The molecule has 2 aliphatic rings. The zero-order chi connectivity index (χ0) is 9.42. The van der Waals surface area contributed by atoms with E-state index in [0.29, 0.717) is 6.04 Å². The molecule has 3 heteroatoms. The Labute approximate surface area is 80.9 Å². The smallest absolute Gasteiger partial charge is 0.0198 e. The highest BCUT2D eigenvalue weighted by atomic mass is 15.3. The standard InChI is InChI=1S/C10H21N3/c1-8-7-12(2)3-4-13(8)10-5-9(11)6-10/h8-10H,3-7,11H2,1-2H3. The van der Waals surface area contributed by atoms with Crippen LogP contribution in [0.2, 0.25) is 0 Å². The highest BCUT2D eigenvalue weighted by Gasteiger charge is 2.35. The van der Waals surface area contributed by atoms with Crippen molar-refractivity contribution in [2.75, 3.05) is 26.7 Å². The van der Waals surface area contributed by atoms with E-state index in [2.05, 4.69) is 23.8 Å². The summed E-state index contributed by atoms with van der Waals surface area (Å²) in [6.45, 7) is 6.00. The molecule has 2 rings (SSSR count). The van der Waals surface area contributed by atoms with E-state index in [1.165, 1.54) is 32.5 Å². The number of nitrogens with two attached hydrogens (primary N) is 1. The van der Waals surface area contributed by atoms with E-state index in [9.17, 15) is 0 Å². The largest absolute Gasteiger partial charge is 0.328 e. The Morgan fingerprint density at radius 1 is 1.23 bits per heavy atom. The zero-order valence-corrected chi connectivity index (χ0v) is 8.74. The summed E-state index contributed by atoms with van der Waals surface area (Å²) in [6.07, 6.45) is 2.43. The fraction of sp³-hybridized carbons (Fsp3) is 1.00. The van der Waals surface area contributed by atoms with Gasteiger partial charge in [0.2, 0.25) is 0 Å². The minimum atomic E-state index is 0.483. The van der Waals surface area contributed by atoms with Crippen LogP contribution < -0.4 is 5.73 Å². The molecule has 13 heavy (non-hydrogen) atoms. The van der Waals surface area contributed by atoms with Crippen LogP contribution in [0.3, 0.4) is 0 Å². The summed E-state index contributed by atoms with van der Waals surface area (Å²) in [5.41, 5.74) is 5.81. The van der Waals surface area contributed by atoms with Gasteiger partial charge in [0.1, 0.15) is 0 Å². The summed E-state index contributed by atoms with van der Waals surface area (Å²) in [7, 11) is 2.21. The molecule has 0 aromatic carbocycles. The van der Waals surface area contributed by atoms with Crippen molar-refractivity contribution in [2.45, 2.75) is 37.9 Å².